The van der Waals surface area contributed by atoms with E-state index in [1.807, 2.05) is 24.8 Å². The zero-order chi connectivity index (χ0) is 31.3. The largest absolute Gasteiger partial charge is 0.481 e. The van der Waals surface area contributed by atoms with Gasteiger partial charge in [-0.15, -0.1) is 0 Å². The predicted molar refractivity (Wildman–Crippen MR) is 159 cm³/mol. The molecule has 0 spiro atoms. The fourth-order valence-corrected chi connectivity index (χ4v) is 6.38. The average Bonchev–Trinajstić information content (AvgIpc) is 3.39. The molecule has 1 saturated carbocycles. The summed E-state index contributed by atoms with van der Waals surface area (Å²) in [5.74, 6) is -0.712. The van der Waals surface area contributed by atoms with E-state index in [0.29, 0.717) is 51.0 Å². The summed E-state index contributed by atoms with van der Waals surface area (Å²) in [6, 6.07) is 6.33. The summed E-state index contributed by atoms with van der Waals surface area (Å²) >= 11 is 0. The van der Waals surface area contributed by atoms with Gasteiger partial charge in [-0.05, 0) is 68.7 Å². The Balaban J connectivity index is 1.30. The predicted octanol–water partition coefficient (Wildman–Crippen LogP) is 3.80. The highest BCUT2D eigenvalue weighted by Crippen LogP contribution is 2.38. The molecule has 3 aliphatic heterocycles. The van der Waals surface area contributed by atoms with Crippen LogP contribution in [0.1, 0.15) is 65.9 Å². The molecule has 3 N–H and O–H groups in total. The van der Waals surface area contributed by atoms with E-state index >= 15 is 0 Å². The topological polar surface area (TPSA) is 148 Å². The number of nitrogens with zero attached hydrogens (tertiary/aromatic N) is 4. The highest BCUT2D eigenvalue weighted by molar-refractivity contribution is 5.95. The van der Waals surface area contributed by atoms with Crippen LogP contribution in [-0.4, -0.2) is 67.8 Å². The van der Waals surface area contributed by atoms with Crippen LogP contribution < -0.4 is 10.7 Å². The van der Waals surface area contributed by atoms with Crippen LogP contribution in [0.5, 0.6) is 0 Å². The molecule has 230 valence electrons. The zero-order valence-corrected chi connectivity index (χ0v) is 25.3. The number of carboxylic acid groups (broad SMARTS) is 1. The van der Waals surface area contributed by atoms with Gasteiger partial charge in [0.1, 0.15) is 11.5 Å². The van der Waals surface area contributed by atoms with Crippen LogP contribution >= 0.6 is 0 Å². The van der Waals surface area contributed by atoms with Crippen LogP contribution in [-0.2, 0) is 14.4 Å². The van der Waals surface area contributed by atoms with Crippen LogP contribution in [0.3, 0.4) is 0 Å². The lowest BCUT2D eigenvalue weighted by Gasteiger charge is -2.48. The number of hydrogen-bond donors (Lipinski definition) is 3. The van der Waals surface area contributed by atoms with Gasteiger partial charge in [0.05, 0.1) is 28.3 Å². The number of hydrazine groups is 1. The maximum Gasteiger partial charge on any atom is 0.306 e. The van der Waals surface area contributed by atoms with E-state index in [1.54, 1.807) is 28.2 Å². The van der Waals surface area contributed by atoms with Gasteiger partial charge in [-0.3, -0.25) is 29.9 Å². The fourth-order valence-electron chi connectivity index (χ4n) is 6.38. The van der Waals surface area contributed by atoms with Crippen LogP contribution in [0, 0.1) is 27.4 Å². The van der Waals surface area contributed by atoms with Gasteiger partial charge in [0.25, 0.3) is 11.6 Å². The first-order chi connectivity index (χ1) is 20.2. The Kier molecular flexibility index (Phi) is 7.74. The lowest BCUT2D eigenvalue weighted by atomic mass is 9.81. The summed E-state index contributed by atoms with van der Waals surface area (Å²) in [5, 5.41) is 25.5. The van der Waals surface area contributed by atoms with Gasteiger partial charge in [-0.1, -0.05) is 20.8 Å². The van der Waals surface area contributed by atoms with Crippen molar-refractivity contribution >= 4 is 29.2 Å². The fraction of sp³-hybridized carbons (Fsp3) is 0.516. The lowest BCUT2D eigenvalue weighted by molar-refractivity contribution is -0.384. The number of carbonyl (C=O) groups is 3. The molecule has 2 amide bonds. The first-order valence-corrected chi connectivity index (χ1v) is 14.8. The summed E-state index contributed by atoms with van der Waals surface area (Å²) in [4.78, 5) is 52.9. The maximum absolute atomic E-state index is 13.9. The number of allylic oxidation sites excluding steroid dienone is 2. The summed E-state index contributed by atoms with van der Waals surface area (Å²) in [6.45, 7) is 11.4. The van der Waals surface area contributed by atoms with Crippen molar-refractivity contribution in [3.8, 4) is 0 Å². The normalized spacial score (nSPS) is 23.5. The molecule has 0 bridgehead atoms. The number of carboxylic acids is 1. The van der Waals surface area contributed by atoms with E-state index in [4.69, 9.17) is 0 Å². The molecule has 12 nitrogen and oxygen atoms in total. The molecule has 1 aromatic rings. The zero-order valence-electron chi connectivity index (χ0n) is 25.3. The van der Waals surface area contributed by atoms with Crippen molar-refractivity contribution < 1.29 is 24.4 Å². The Bertz CT molecular complexity index is 1430. The molecule has 1 saturated heterocycles. The molecule has 3 heterocycles. The minimum absolute atomic E-state index is 0.0121. The Labute approximate surface area is 251 Å². The van der Waals surface area contributed by atoms with E-state index in [1.165, 1.54) is 12.1 Å². The first-order valence-electron chi connectivity index (χ1n) is 14.8. The van der Waals surface area contributed by atoms with Gasteiger partial charge in [0.2, 0.25) is 5.91 Å². The number of rotatable bonds is 5. The third kappa shape index (κ3) is 5.95. The number of aliphatic carboxylic acids is 1. The van der Waals surface area contributed by atoms with E-state index < -0.39 is 16.4 Å². The number of nitro benzene ring substituents is 1. The number of nitrogens with one attached hydrogen (secondary N) is 2. The number of benzene rings is 1. The number of nitro groups is 1. The molecule has 5 rings (SSSR count). The minimum Gasteiger partial charge on any atom is -0.481 e. The molecule has 12 heteroatoms. The van der Waals surface area contributed by atoms with Gasteiger partial charge in [0.15, 0.2) is 0 Å². The van der Waals surface area contributed by atoms with Crippen molar-refractivity contribution in [2.45, 2.75) is 65.8 Å². The number of hydrogen-bond acceptors (Lipinski definition) is 8. The van der Waals surface area contributed by atoms with Crippen LogP contribution in [0.4, 0.5) is 5.69 Å². The van der Waals surface area contributed by atoms with Gasteiger partial charge in [-0.2, -0.15) is 0 Å². The third-order valence-electron chi connectivity index (χ3n) is 8.85. The summed E-state index contributed by atoms with van der Waals surface area (Å²) in [7, 11) is 0. The van der Waals surface area contributed by atoms with E-state index in [2.05, 4.69) is 31.5 Å². The molecule has 0 radical (unpaired) electrons. The molecule has 4 aliphatic rings. The Morgan fingerprint density at radius 1 is 1.02 bits per heavy atom. The monoisotopic (exact) mass is 592 g/mol. The quantitative estimate of drug-likeness (QED) is 0.343. The molecular formula is C31H40N6O6. The van der Waals surface area contributed by atoms with Crippen LogP contribution in [0.25, 0.3) is 5.70 Å². The maximum atomic E-state index is 13.9. The average molecular weight is 593 g/mol. The Morgan fingerprint density at radius 3 is 2.21 bits per heavy atom. The van der Waals surface area contributed by atoms with Gasteiger partial charge < -0.3 is 20.2 Å². The van der Waals surface area contributed by atoms with E-state index in [-0.39, 0.29) is 34.8 Å². The van der Waals surface area contributed by atoms with Crippen LogP contribution in [0.2, 0.25) is 0 Å². The Morgan fingerprint density at radius 2 is 1.65 bits per heavy atom. The molecule has 2 fully saturated rings. The molecule has 43 heavy (non-hydrogen) atoms. The number of amides is 2. The SMILES string of the molecule is CC(C)(C)C1=C2NC(C(=O)N3CCN(C(=O)C4CCC(C(=O)O)CC4)CC3(C)C)=CN2NC(c2ccc([N+](=O)[O-])cc2)=C1. The van der Waals surface area contributed by atoms with Crippen molar-refractivity contribution in [1.29, 1.82) is 0 Å². The smallest absolute Gasteiger partial charge is 0.306 e. The van der Waals surface area contributed by atoms with Crippen molar-refractivity contribution in [3.63, 3.8) is 0 Å². The minimum atomic E-state index is -0.788. The number of carbonyl (C=O) groups excluding carboxylic acids is 2. The standard InChI is InChI=1S/C31H40N6O6/c1-30(2,3)23-16-24(19-10-12-22(13-11-19)37(42)43)33-36-17-25(32-26(23)36)28(39)35-15-14-34(18-31(35,4)5)27(38)20-6-8-21(9-7-20)29(40)41/h10-13,16-17,20-21,32-33H,6-9,14-15,18H2,1-5H3,(H,40,41). The van der Waals surface area contributed by atoms with Gasteiger partial charge in [-0.25, -0.2) is 5.01 Å². The number of non-ortho nitro benzene ring substituents is 1. The van der Waals surface area contributed by atoms with Gasteiger partial charge >= 0.3 is 5.97 Å². The van der Waals surface area contributed by atoms with Crippen molar-refractivity contribution in [3.05, 3.63) is 69.3 Å². The molecule has 0 atom stereocenters. The molecule has 0 aromatic heterocycles. The highest BCUT2D eigenvalue weighted by Gasteiger charge is 2.43. The Hall–Kier alpha value is -4.35. The second kappa shape index (κ2) is 11.1. The van der Waals surface area contributed by atoms with E-state index in [9.17, 15) is 29.6 Å². The summed E-state index contributed by atoms with van der Waals surface area (Å²) < 4.78 is 0. The number of fused-ring (bicyclic) bond motifs is 1. The third-order valence-corrected chi connectivity index (χ3v) is 8.85. The summed E-state index contributed by atoms with van der Waals surface area (Å²) in [6.07, 6.45) is 5.93. The van der Waals surface area contributed by atoms with Crippen LogP contribution in [0.15, 0.2) is 53.6 Å². The van der Waals surface area contributed by atoms with E-state index in [0.717, 1.165) is 22.7 Å². The summed E-state index contributed by atoms with van der Waals surface area (Å²) in [5.41, 5.74) is 5.33. The molecule has 1 aliphatic carbocycles. The number of piperazine rings is 1. The lowest BCUT2D eigenvalue weighted by Crippen LogP contribution is -2.63. The second-order valence-electron chi connectivity index (χ2n) is 13.4. The van der Waals surface area contributed by atoms with Crippen molar-refractivity contribution in [2.24, 2.45) is 17.3 Å². The van der Waals surface area contributed by atoms with Gasteiger partial charge in [0, 0.05) is 43.3 Å². The molecular weight excluding hydrogens is 552 g/mol. The second-order valence-corrected chi connectivity index (χ2v) is 13.4. The van der Waals surface area contributed by atoms with Crippen molar-refractivity contribution in [1.82, 2.24) is 25.6 Å². The first kappa shape index (κ1) is 30.1. The molecule has 1 aromatic carbocycles. The highest BCUT2D eigenvalue weighted by atomic mass is 16.6. The molecule has 0 unspecified atom stereocenters. The van der Waals surface area contributed by atoms with Crippen molar-refractivity contribution in [2.75, 3.05) is 19.6 Å².